The standard InChI is InChI=1S/C20H18N4O3/c1-24-11-16(14-4-2-3-5-15(14)18(21)25)19(23-24)22-20(26)13-6-7-17-12(10-13)8-9-27-17/h2-7,10-11H,8-9H2,1H3,(H2,21,25)(H,22,23,26). The molecule has 7 heteroatoms. The van der Waals surface area contributed by atoms with Gasteiger partial charge >= 0.3 is 0 Å². The van der Waals surface area contributed by atoms with Gasteiger partial charge in [-0.15, -0.1) is 0 Å². The highest BCUT2D eigenvalue weighted by Crippen LogP contribution is 2.31. The van der Waals surface area contributed by atoms with E-state index in [0.29, 0.717) is 34.7 Å². The van der Waals surface area contributed by atoms with Gasteiger partial charge in [-0.25, -0.2) is 0 Å². The van der Waals surface area contributed by atoms with Crippen LogP contribution in [0.4, 0.5) is 5.82 Å². The Kier molecular flexibility index (Phi) is 4.12. The number of hydrogen-bond acceptors (Lipinski definition) is 4. The molecule has 0 spiro atoms. The number of anilines is 1. The van der Waals surface area contributed by atoms with Crippen LogP contribution in [0.5, 0.6) is 5.75 Å². The van der Waals surface area contributed by atoms with Gasteiger partial charge in [0.05, 0.1) is 6.61 Å². The van der Waals surface area contributed by atoms with Crippen LogP contribution < -0.4 is 15.8 Å². The number of amides is 2. The molecule has 2 aromatic carbocycles. The van der Waals surface area contributed by atoms with Crippen molar-refractivity contribution < 1.29 is 14.3 Å². The lowest BCUT2D eigenvalue weighted by Crippen LogP contribution is -2.14. The number of nitrogens with two attached hydrogens (primary N) is 1. The van der Waals surface area contributed by atoms with Crippen LogP contribution in [0.2, 0.25) is 0 Å². The zero-order valence-electron chi connectivity index (χ0n) is 14.7. The fourth-order valence-electron chi connectivity index (χ4n) is 3.22. The van der Waals surface area contributed by atoms with E-state index < -0.39 is 5.91 Å². The monoisotopic (exact) mass is 362 g/mol. The Bertz CT molecular complexity index is 1060. The minimum atomic E-state index is -0.537. The molecule has 2 heterocycles. The number of primary amides is 1. The van der Waals surface area contributed by atoms with E-state index in [4.69, 9.17) is 10.5 Å². The molecule has 0 saturated heterocycles. The summed E-state index contributed by atoms with van der Waals surface area (Å²) in [5, 5.41) is 7.17. The quantitative estimate of drug-likeness (QED) is 0.744. The average molecular weight is 362 g/mol. The molecule has 0 fully saturated rings. The lowest BCUT2D eigenvalue weighted by Gasteiger charge is -2.09. The van der Waals surface area contributed by atoms with Crippen molar-refractivity contribution in [3.05, 3.63) is 65.4 Å². The molecule has 1 aliphatic rings. The molecule has 0 aliphatic carbocycles. The van der Waals surface area contributed by atoms with Gasteiger partial charge < -0.3 is 15.8 Å². The second kappa shape index (κ2) is 6.60. The van der Waals surface area contributed by atoms with Gasteiger partial charge in [0, 0.05) is 36.4 Å². The van der Waals surface area contributed by atoms with Crippen molar-refractivity contribution in [2.75, 3.05) is 11.9 Å². The number of hydrogen-bond donors (Lipinski definition) is 2. The van der Waals surface area contributed by atoms with Crippen LogP contribution >= 0.6 is 0 Å². The lowest BCUT2D eigenvalue weighted by molar-refractivity contribution is 0.0998. The highest BCUT2D eigenvalue weighted by Gasteiger charge is 2.19. The Hall–Kier alpha value is -3.61. The number of aryl methyl sites for hydroxylation is 1. The molecule has 0 unspecified atom stereocenters. The number of nitrogens with zero attached hydrogens (tertiary/aromatic N) is 2. The maximum absolute atomic E-state index is 12.7. The van der Waals surface area contributed by atoms with Gasteiger partial charge in [0.25, 0.3) is 5.91 Å². The molecule has 0 atom stereocenters. The fraction of sp³-hybridized carbons (Fsp3) is 0.150. The number of benzene rings is 2. The molecule has 1 aromatic heterocycles. The lowest BCUT2D eigenvalue weighted by atomic mass is 10.0. The van der Waals surface area contributed by atoms with Crippen LogP contribution in [0.3, 0.4) is 0 Å². The zero-order valence-corrected chi connectivity index (χ0v) is 14.7. The Morgan fingerprint density at radius 2 is 2.00 bits per heavy atom. The highest BCUT2D eigenvalue weighted by molar-refractivity contribution is 6.07. The van der Waals surface area contributed by atoms with Crippen LogP contribution in [0.15, 0.2) is 48.7 Å². The zero-order chi connectivity index (χ0) is 19.0. The van der Waals surface area contributed by atoms with Gasteiger partial charge in [0.15, 0.2) is 5.82 Å². The first-order chi connectivity index (χ1) is 13.0. The summed E-state index contributed by atoms with van der Waals surface area (Å²) in [6, 6.07) is 12.3. The van der Waals surface area contributed by atoms with Crippen molar-refractivity contribution in [1.29, 1.82) is 0 Å². The van der Waals surface area contributed by atoms with E-state index in [1.807, 2.05) is 6.07 Å². The van der Waals surface area contributed by atoms with Crippen LogP contribution in [-0.2, 0) is 13.5 Å². The first-order valence-corrected chi connectivity index (χ1v) is 8.53. The van der Waals surface area contributed by atoms with Crippen molar-refractivity contribution in [2.24, 2.45) is 12.8 Å². The number of fused-ring (bicyclic) bond motifs is 1. The number of aromatic nitrogens is 2. The van der Waals surface area contributed by atoms with Crippen molar-refractivity contribution >= 4 is 17.6 Å². The predicted octanol–water partition coefficient (Wildman–Crippen LogP) is 2.37. The van der Waals surface area contributed by atoms with Crippen LogP contribution in [0.25, 0.3) is 11.1 Å². The summed E-state index contributed by atoms with van der Waals surface area (Å²) in [6.45, 7) is 0.634. The van der Waals surface area contributed by atoms with E-state index in [9.17, 15) is 9.59 Å². The molecule has 27 heavy (non-hydrogen) atoms. The number of nitrogens with one attached hydrogen (secondary N) is 1. The van der Waals surface area contributed by atoms with E-state index in [2.05, 4.69) is 10.4 Å². The van der Waals surface area contributed by atoms with Crippen molar-refractivity contribution in [1.82, 2.24) is 9.78 Å². The smallest absolute Gasteiger partial charge is 0.256 e. The van der Waals surface area contributed by atoms with E-state index in [-0.39, 0.29) is 5.91 Å². The molecule has 0 saturated carbocycles. The predicted molar refractivity (Wildman–Crippen MR) is 101 cm³/mol. The third-order valence-electron chi connectivity index (χ3n) is 4.50. The molecule has 0 bridgehead atoms. The summed E-state index contributed by atoms with van der Waals surface area (Å²) in [4.78, 5) is 24.5. The summed E-state index contributed by atoms with van der Waals surface area (Å²) in [5.41, 5.74) is 8.65. The summed E-state index contributed by atoms with van der Waals surface area (Å²) in [5.74, 6) is 0.375. The van der Waals surface area contributed by atoms with E-state index >= 15 is 0 Å². The number of ether oxygens (including phenoxy) is 1. The SMILES string of the molecule is Cn1cc(-c2ccccc2C(N)=O)c(NC(=O)c2ccc3c(c2)CCO3)n1. The van der Waals surface area contributed by atoms with Crippen LogP contribution in [0.1, 0.15) is 26.3 Å². The molecular formula is C20H18N4O3. The minimum Gasteiger partial charge on any atom is -0.493 e. The Labute approximate surface area is 155 Å². The molecule has 4 rings (SSSR count). The van der Waals surface area contributed by atoms with E-state index in [1.54, 1.807) is 54.3 Å². The number of rotatable bonds is 4. The highest BCUT2D eigenvalue weighted by atomic mass is 16.5. The van der Waals surface area contributed by atoms with Gasteiger partial charge in [-0.05, 0) is 35.4 Å². The van der Waals surface area contributed by atoms with E-state index in [0.717, 1.165) is 17.7 Å². The van der Waals surface area contributed by atoms with Gasteiger partial charge in [-0.1, -0.05) is 18.2 Å². The number of carbonyl (C=O) groups excluding carboxylic acids is 2. The summed E-state index contributed by atoms with van der Waals surface area (Å²) >= 11 is 0. The molecule has 3 N–H and O–H groups in total. The third-order valence-corrected chi connectivity index (χ3v) is 4.50. The normalized spacial score (nSPS) is 12.3. The molecule has 136 valence electrons. The summed E-state index contributed by atoms with van der Waals surface area (Å²) in [6.07, 6.45) is 2.53. The average Bonchev–Trinajstić information content (AvgIpc) is 3.27. The van der Waals surface area contributed by atoms with Gasteiger partial charge in [0.1, 0.15) is 5.75 Å². The summed E-state index contributed by atoms with van der Waals surface area (Å²) < 4.78 is 7.06. The number of carbonyl (C=O) groups is 2. The largest absolute Gasteiger partial charge is 0.493 e. The Morgan fingerprint density at radius 3 is 2.81 bits per heavy atom. The second-order valence-electron chi connectivity index (χ2n) is 6.35. The third kappa shape index (κ3) is 3.15. The first kappa shape index (κ1) is 16.8. The molecular weight excluding hydrogens is 344 g/mol. The topological polar surface area (TPSA) is 99.2 Å². The Balaban J connectivity index is 1.68. The first-order valence-electron chi connectivity index (χ1n) is 8.53. The molecule has 0 radical (unpaired) electrons. The molecule has 2 amide bonds. The molecule has 7 nitrogen and oxygen atoms in total. The van der Waals surface area contributed by atoms with Crippen molar-refractivity contribution in [3.63, 3.8) is 0 Å². The molecule has 1 aliphatic heterocycles. The van der Waals surface area contributed by atoms with Crippen LogP contribution in [0, 0.1) is 0 Å². The molecule has 3 aromatic rings. The minimum absolute atomic E-state index is 0.277. The van der Waals surface area contributed by atoms with Gasteiger partial charge in [-0.3, -0.25) is 14.3 Å². The van der Waals surface area contributed by atoms with Crippen LogP contribution in [-0.4, -0.2) is 28.2 Å². The van der Waals surface area contributed by atoms with Crippen molar-refractivity contribution in [2.45, 2.75) is 6.42 Å². The maximum Gasteiger partial charge on any atom is 0.256 e. The Morgan fingerprint density at radius 1 is 1.19 bits per heavy atom. The van der Waals surface area contributed by atoms with E-state index in [1.165, 1.54) is 0 Å². The van der Waals surface area contributed by atoms with Gasteiger partial charge in [0.2, 0.25) is 5.91 Å². The van der Waals surface area contributed by atoms with Gasteiger partial charge in [-0.2, -0.15) is 5.10 Å². The second-order valence-corrected chi connectivity index (χ2v) is 6.35. The maximum atomic E-state index is 12.7. The van der Waals surface area contributed by atoms with Crippen molar-refractivity contribution in [3.8, 4) is 16.9 Å². The fourth-order valence-corrected chi connectivity index (χ4v) is 3.22. The summed E-state index contributed by atoms with van der Waals surface area (Å²) in [7, 11) is 1.75.